The highest BCUT2D eigenvalue weighted by Gasteiger charge is 2.56. The number of hydrogen-bond donors (Lipinski definition) is 2. The van der Waals surface area contributed by atoms with Crippen LogP contribution in [0.4, 0.5) is 0 Å². The van der Waals surface area contributed by atoms with Crippen LogP contribution in [-0.2, 0) is 28.6 Å². The average molecular weight is 405 g/mol. The molecule has 8 heteroatoms. The minimum absolute atomic E-state index is 0.0404. The van der Waals surface area contributed by atoms with Crippen molar-refractivity contribution in [2.24, 2.45) is 0 Å². The number of aromatic hydroxyl groups is 1. The molecule has 1 unspecified atom stereocenters. The Morgan fingerprint density at radius 3 is 2.28 bits per heavy atom. The van der Waals surface area contributed by atoms with Gasteiger partial charge < -0.3 is 19.3 Å². The lowest BCUT2D eigenvalue weighted by Crippen LogP contribution is -2.56. The van der Waals surface area contributed by atoms with Gasteiger partial charge in [0.1, 0.15) is 5.75 Å². The van der Waals surface area contributed by atoms with E-state index in [1.807, 2.05) is 6.92 Å². The van der Waals surface area contributed by atoms with E-state index in [1.54, 1.807) is 32.0 Å². The van der Waals surface area contributed by atoms with Crippen LogP contribution < -0.4 is 5.32 Å². The molecule has 0 aliphatic carbocycles. The Bertz CT molecular complexity index is 769. The van der Waals surface area contributed by atoms with Crippen LogP contribution in [0.1, 0.15) is 45.2 Å². The monoisotopic (exact) mass is 405 g/mol. The third-order valence-corrected chi connectivity index (χ3v) is 4.48. The third-order valence-electron chi connectivity index (χ3n) is 4.48. The zero-order chi connectivity index (χ0) is 21.4. The van der Waals surface area contributed by atoms with E-state index < -0.39 is 29.5 Å². The Kier molecular flexibility index (Phi) is 7.78. The van der Waals surface area contributed by atoms with Gasteiger partial charge in [-0.25, -0.2) is 14.4 Å². The first-order valence-corrected chi connectivity index (χ1v) is 9.66. The molecule has 2 N–H and O–H groups in total. The molecule has 0 amide bonds. The molecule has 1 aliphatic rings. The van der Waals surface area contributed by atoms with E-state index in [9.17, 15) is 19.5 Å². The molecule has 1 heterocycles. The lowest BCUT2D eigenvalue weighted by Gasteiger charge is -2.25. The van der Waals surface area contributed by atoms with Gasteiger partial charge in [-0.1, -0.05) is 25.1 Å². The smallest absolute Gasteiger partial charge is 0.338 e. The molecule has 0 radical (unpaired) electrons. The van der Waals surface area contributed by atoms with Gasteiger partial charge in [0.15, 0.2) is 0 Å². The summed E-state index contributed by atoms with van der Waals surface area (Å²) < 4.78 is 15.4. The molecule has 0 saturated carbocycles. The highest BCUT2D eigenvalue weighted by Crippen LogP contribution is 2.42. The number of carbonyl (C=O) groups is 3. The van der Waals surface area contributed by atoms with Gasteiger partial charge in [0, 0.05) is 18.1 Å². The highest BCUT2D eigenvalue weighted by molar-refractivity contribution is 6.06. The van der Waals surface area contributed by atoms with Crippen LogP contribution in [0.5, 0.6) is 5.75 Å². The third kappa shape index (κ3) is 4.95. The van der Waals surface area contributed by atoms with Crippen molar-refractivity contribution >= 4 is 17.9 Å². The van der Waals surface area contributed by atoms with Crippen molar-refractivity contribution in [2.75, 3.05) is 19.8 Å². The van der Waals surface area contributed by atoms with Gasteiger partial charge in [-0.2, -0.15) is 0 Å². The summed E-state index contributed by atoms with van der Waals surface area (Å²) in [6.07, 6.45) is 1.76. The van der Waals surface area contributed by atoms with Crippen LogP contribution in [0.25, 0.3) is 0 Å². The zero-order valence-corrected chi connectivity index (χ0v) is 16.9. The molecule has 0 bridgehead atoms. The Morgan fingerprint density at radius 1 is 1.10 bits per heavy atom. The molecule has 1 aromatic rings. The van der Waals surface area contributed by atoms with Crippen molar-refractivity contribution in [2.45, 2.75) is 45.2 Å². The van der Waals surface area contributed by atoms with Crippen molar-refractivity contribution in [3.8, 4) is 5.75 Å². The molecule has 1 atom stereocenters. The summed E-state index contributed by atoms with van der Waals surface area (Å²) in [5.74, 6) is -2.23. The maximum atomic E-state index is 12.8. The van der Waals surface area contributed by atoms with Crippen molar-refractivity contribution in [3.63, 3.8) is 0 Å². The number of hydrogen-bond acceptors (Lipinski definition) is 8. The highest BCUT2D eigenvalue weighted by atomic mass is 16.6. The number of para-hydroxylation sites is 1. The number of benzene rings is 1. The largest absolute Gasteiger partial charge is 0.508 e. The number of carbonyl (C=O) groups excluding carboxylic acids is 3. The maximum absolute atomic E-state index is 12.8. The molecule has 1 fully saturated rings. The van der Waals surface area contributed by atoms with Crippen LogP contribution in [0, 0.1) is 0 Å². The van der Waals surface area contributed by atoms with Gasteiger partial charge in [0.2, 0.25) is 5.54 Å². The molecule has 2 rings (SSSR count). The number of esters is 3. The first-order chi connectivity index (χ1) is 13.9. The van der Waals surface area contributed by atoms with E-state index in [0.29, 0.717) is 17.6 Å². The second kappa shape index (κ2) is 10.1. The van der Waals surface area contributed by atoms with E-state index in [0.717, 1.165) is 0 Å². The quantitative estimate of drug-likeness (QED) is 0.293. The summed E-state index contributed by atoms with van der Waals surface area (Å²) in [6, 6.07) is 5.71. The summed E-state index contributed by atoms with van der Waals surface area (Å²) in [4.78, 5) is 37.7. The van der Waals surface area contributed by atoms with Crippen LogP contribution in [-0.4, -0.2) is 48.4 Å². The number of nitrogens with one attached hydrogen (secondary N) is 1. The van der Waals surface area contributed by atoms with E-state index in [2.05, 4.69) is 5.32 Å². The number of phenolic OH excluding ortho intramolecular Hbond substituents is 1. The van der Waals surface area contributed by atoms with Crippen molar-refractivity contribution in [3.05, 3.63) is 41.5 Å². The van der Waals surface area contributed by atoms with Gasteiger partial charge in [-0.15, -0.1) is 0 Å². The molecule has 0 aromatic heterocycles. The minimum atomic E-state index is -1.82. The normalized spacial score (nSPS) is 19.0. The minimum Gasteiger partial charge on any atom is -0.508 e. The number of ether oxygens (including phenoxy) is 3. The summed E-state index contributed by atoms with van der Waals surface area (Å²) in [7, 11) is 0. The van der Waals surface area contributed by atoms with E-state index >= 15 is 0 Å². The first-order valence-electron chi connectivity index (χ1n) is 9.66. The number of rotatable bonds is 8. The molecule has 8 nitrogen and oxygen atoms in total. The topological polar surface area (TPSA) is 111 Å². The molecule has 158 valence electrons. The Morgan fingerprint density at radius 2 is 1.72 bits per heavy atom. The maximum Gasteiger partial charge on any atom is 0.338 e. The van der Waals surface area contributed by atoms with E-state index in [1.165, 1.54) is 12.1 Å². The number of phenols is 1. The molecular formula is C21H27NO7. The molecule has 1 aromatic carbocycles. The predicted molar refractivity (Wildman–Crippen MR) is 104 cm³/mol. The van der Waals surface area contributed by atoms with Gasteiger partial charge in [0.25, 0.3) is 0 Å². The SMILES string of the molecule is CCCOC(=O)/C=C1\CC(C(=O)OCC)(C(=O)OCC)NC1c1ccccc1O. The van der Waals surface area contributed by atoms with Crippen LogP contribution in [0.3, 0.4) is 0 Å². The second-order valence-electron chi connectivity index (χ2n) is 6.55. The predicted octanol–water partition coefficient (Wildman–Crippen LogP) is 2.17. The molecule has 29 heavy (non-hydrogen) atoms. The molecule has 0 spiro atoms. The summed E-state index contributed by atoms with van der Waals surface area (Å²) in [5.41, 5.74) is -0.998. The van der Waals surface area contributed by atoms with Crippen LogP contribution in [0.15, 0.2) is 35.9 Å². The fraction of sp³-hybridized carbons (Fsp3) is 0.476. The van der Waals surface area contributed by atoms with Crippen LogP contribution >= 0.6 is 0 Å². The summed E-state index contributed by atoms with van der Waals surface area (Å²) >= 11 is 0. The van der Waals surface area contributed by atoms with Crippen molar-refractivity contribution in [1.29, 1.82) is 0 Å². The van der Waals surface area contributed by atoms with E-state index in [4.69, 9.17) is 14.2 Å². The van der Waals surface area contributed by atoms with Gasteiger partial charge in [0.05, 0.1) is 25.9 Å². The standard InChI is InChI=1S/C21H27NO7/c1-4-11-29-17(24)12-14-13-21(19(25)27-5-2,20(26)28-6-3)22-18(14)15-9-7-8-10-16(15)23/h7-10,12,18,22-23H,4-6,11,13H2,1-3H3/b14-12+. The molecular weight excluding hydrogens is 378 g/mol. The summed E-state index contributed by atoms with van der Waals surface area (Å²) in [6.45, 7) is 5.52. The Hall–Kier alpha value is -2.87. The van der Waals surface area contributed by atoms with Gasteiger partial charge in [-0.05, 0) is 31.9 Å². The molecule has 1 aliphatic heterocycles. The first kappa shape index (κ1) is 22.4. The zero-order valence-electron chi connectivity index (χ0n) is 16.9. The van der Waals surface area contributed by atoms with Gasteiger partial charge >= 0.3 is 17.9 Å². The van der Waals surface area contributed by atoms with Crippen LogP contribution in [0.2, 0.25) is 0 Å². The Balaban J connectivity index is 2.52. The Labute approximate surface area is 169 Å². The van der Waals surface area contributed by atoms with E-state index in [-0.39, 0.29) is 32.0 Å². The lowest BCUT2D eigenvalue weighted by molar-refractivity contribution is -0.165. The lowest BCUT2D eigenvalue weighted by atomic mass is 9.93. The van der Waals surface area contributed by atoms with Gasteiger partial charge in [-0.3, -0.25) is 5.32 Å². The fourth-order valence-corrected chi connectivity index (χ4v) is 3.19. The summed E-state index contributed by atoms with van der Waals surface area (Å²) in [5, 5.41) is 13.3. The molecule has 1 saturated heterocycles. The fourth-order valence-electron chi connectivity index (χ4n) is 3.19. The second-order valence-corrected chi connectivity index (χ2v) is 6.55. The van der Waals surface area contributed by atoms with Crippen molar-refractivity contribution in [1.82, 2.24) is 5.32 Å². The average Bonchev–Trinajstić information content (AvgIpc) is 3.07. The van der Waals surface area contributed by atoms with Crippen molar-refractivity contribution < 1.29 is 33.7 Å².